The molecule has 2 aliphatic heterocycles. The number of rotatable bonds is 3. The number of carbonyl (C=O) groups is 1. The Kier molecular flexibility index (Phi) is 3.87. The third kappa shape index (κ3) is 2.61. The molecule has 2 fully saturated rings. The van der Waals surface area contributed by atoms with Crippen molar-refractivity contribution in [2.24, 2.45) is 0 Å². The molecule has 0 radical (unpaired) electrons. The van der Waals surface area contributed by atoms with Gasteiger partial charge in [-0.05, 0) is 62.3 Å². The van der Waals surface area contributed by atoms with Crippen molar-refractivity contribution in [3.8, 4) is 11.9 Å². The lowest BCUT2D eigenvalue weighted by molar-refractivity contribution is 0.0928. The largest absolute Gasteiger partial charge is 0.347 e. The lowest BCUT2D eigenvalue weighted by Gasteiger charge is -2.22. The fourth-order valence-electron chi connectivity index (χ4n) is 4.92. The van der Waals surface area contributed by atoms with Crippen LogP contribution in [0.5, 0.6) is 0 Å². The molecule has 2 bridgehead atoms. The number of carbonyl (C=O) groups excluding carboxylic acids is 1. The summed E-state index contributed by atoms with van der Waals surface area (Å²) in [6.45, 7) is 0. The second-order valence-electron chi connectivity index (χ2n) is 7.67. The van der Waals surface area contributed by atoms with E-state index in [9.17, 15) is 10.1 Å². The Morgan fingerprint density at radius 3 is 3.00 bits per heavy atom. The van der Waals surface area contributed by atoms with Gasteiger partial charge < -0.3 is 10.2 Å². The van der Waals surface area contributed by atoms with Crippen molar-refractivity contribution in [3.63, 3.8) is 0 Å². The number of aromatic nitrogens is 2. The Morgan fingerprint density at radius 1 is 1.33 bits per heavy atom. The number of amides is 1. The molecule has 1 aromatic heterocycles. The zero-order valence-corrected chi connectivity index (χ0v) is 15.6. The lowest BCUT2D eigenvalue weighted by Crippen LogP contribution is -2.43. The molecule has 0 saturated carbocycles. The lowest BCUT2D eigenvalue weighted by atomic mass is 9.95. The van der Waals surface area contributed by atoms with Crippen LogP contribution in [-0.4, -0.2) is 38.7 Å². The van der Waals surface area contributed by atoms with Gasteiger partial charge in [-0.1, -0.05) is 11.6 Å². The van der Waals surface area contributed by atoms with Gasteiger partial charge in [0.25, 0.3) is 5.91 Å². The second kappa shape index (κ2) is 6.28. The number of nitrogens with one attached hydrogen (secondary N) is 1. The average Bonchev–Trinajstić information content (AvgIpc) is 3.41. The van der Waals surface area contributed by atoms with Crippen LogP contribution < -0.4 is 5.32 Å². The number of nitriles is 1. The third-order valence-electron chi connectivity index (χ3n) is 6.23. The number of nitrogens with zero attached hydrogens (tertiary/aromatic N) is 4. The van der Waals surface area contributed by atoms with Crippen LogP contribution in [0.25, 0.3) is 5.69 Å². The van der Waals surface area contributed by atoms with E-state index in [-0.39, 0.29) is 24.0 Å². The smallest absolute Gasteiger partial charge is 0.253 e. The van der Waals surface area contributed by atoms with Gasteiger partial charge in [0.15, 0.2) is 6.19 Å². The first kappa shape index (κ1) is 16.6. The van der Waals surface area contributed by atoms with Crippen LogP contribution in [-0.2, 0) is 12.8 Å². The number of benzene rings is 1. The third-order valence-corrected chi connectivity index (χ3v) is 6.54. The molecule has 1 amide bonds. The predicted molar refractivity (Wildman–Crippen MR) is 101 cm³/mol. The minimum atomic E-state index is -0.173. The number of halogens is 1. The summed E-state index contributed by atoms with van der Waals surface area (Å²) in [6.07, 6.45) is 10.3. The highest BCUT2D eigenvalue weighted by Gasteiger charge is 2.46. The fourth-order valence-corrected chi connectivity index (χ4v) is 5.18. The van der Waals surface area contributed by atoms with E-state index >= 15 is 0 Å². The van der Waals surface area contributed by atoms with Gasteiger partial charge in [-0.3, -0.25) is 4.79 Å². The van der Waals surface area contributed by atoms with Gasteiger partial charge in [-0.25, -0.2) is 4.68 Å². The van der Waals surface area contributed by atoms with E-state index < -0.39 is 0 Å². The van der Waals surface area contributed by atoms with Crippen LogP contribution >= 0.6 is 11.6 Å². The molecule has 5 rings (SSSR count). The molecule has 3 heterocycles. The van der Waals surface area contributed by atoms with Crippen LogP contribution in [0.15, 0.2) is 24.4 Å². The zero-order valence-electron chi connectivity index (χ0n) is 14.9. The molecule has 0 spiro atoms. The highest BCUT2D eigenvalue weighted by Crippen LogP contribution is 2.37. The monoisotopic (exact) mass is 381 g/mol. The van der Waals surface area contributed by atoms with Gasteiger partial charge in [0, 0.05) is 11.7 Å². The van der Waals surface area contributed by atoms with Gasteiger partial charge in [0.2, 0.25) is 0 Å². The fraction of sp³-hybridized carbons (Fsp3) is 0.450. The summed E-state index contributed by atoms with van der Waals surface area (Å²) in [6, 6.07) is 5.88. The number of aryl methyl sites for hydroxylation is 1. The van der Waals surface area contributed by atoms with Gasteiger partial charge in [0.1, 0.15) is 0 Å². The summed E-state index contributed by atoms with van der Waals surface area (Å²) < 4.78 is 1.93. The van der Waals surface area contributed by atoms with Gasteiger partial charge in [0.05, 0.1) is 34.6 Å². The first-order valence-electron chi connectivity index (χ1n) is 9.50. The molecule has 27 heavy (non-hydrogen) atoms. The quantitative estimate of drug-likeness (QED) is 0.829. The van der Waals surface area contributed by atoms with E-state index in [4.69, 9.17) is 11.6 Å². The number of fused-ring (bicyclic) bond motifs is 3. The number of hydrogen-bond donors (Lipinski definition) is 1. The molecule has 6 nitrogen and oxygen atoms in total. The maximum atomic E-state index is 12.8. The molecule has 3 atom stereocenters. The van der Waals surface area contributed by atoms with E-state index in [1.54, 1.807) is 6.07 Å². The van der Waals surface area contributed by atoms with Gasteiger partial charge in [-0.15, -0.1) is 0 Å². The molecular weight excluding hydrogens is 362 g/mol. The van der Waals surface area contributed by atoms with Crippen LogP contribution in [0.2, 0.25) is 5.02 Å². The highest BCUT2D eigenvalue weighted by molar-refractivity contribution is 6.34. The summed E-state index contributed by atoms with van der Waals surface area (Å²) in [5.41, 5.74) is 3.89. The predicted octanol–water partition coefficient (Wildman–Crippen LogP) is 2.83. The normalized spacial score (nSPS) is 25.5. The SMILES string of the molecule is N#CN1[C@H]2CC[C@@H]1[C@H](NC(=O)c1ccc(-n3ncc4c3CCC4)cc1Cl)C2. The Bertz CT molecular complexity index is 962. The average molecular weight is 382 g/mol. The van der Waals surface area contributed by atoms with Crippen LogP contribution in [0, 0.1) is 11.5 Å². The highest BCUT2D eigenvalue weighted by atomic mass is 35.5. The first-order valence-corrected chi connectivity index (χ1v) is 9.88. The van der Waals surface area contributed by atoms with E-state index in [0.717, 1.165) is 44.2 Å². The van der Waals surface area contributed by atoms with Crippen molar-refractivity contribution in [1.82, 2.24) is 20.0 Å². The van der Waals surface area contributed by atoms with Crippen molar-refractivity contribution in [2.75, 3.05) is 0 Å². The topological polar surface area (TPSA) is 74.0 Å². The molecule has 3 aliphatic rings. The van der Waals surface area contributed by atoms with Crippen molar-refractivity contribution in [2.45, 2.75) is 56.7 Å². The maximum absolute atomic E-state index is 12.8. The molecule has 7 heteroatoms. The van der Waals surface area contributed by atoms with Gasteiger partial charge >= 0.3 is 0 Å². The molecular formula is C20H20ClN5O. The second-order valence-corrected chi connectivity index (χ2v) is 8.07. The Labute approximate surface area is 162 Å². The van der Waals surface area contributed by atoms with Crippen LogP contribution in [0.4, 0.5) is 0 Å². The summed E-state index contributed by atoms with van der Waals surface area (Å²) in [7, 11) is 0. The van der Waals surface area contributed by atoms with Crippen molar-refractivity contribution < 1.29 is 4.79 Å². The standard InChI is InChI=1S/C20H20ClN5O/c21-16-8-14(26-18-3-1-2-12(18)10-23-26)4-6-15(16)20(27)24-17-9-13-5-7-19(17)25(13)11-22/h4,6,8,10,13,17,19H,1-3,5,7,9H2,(H,24,27)/t13-,17+,19+/m0/s1. The van der Waals surface area contributed by atoms with Gasteiger partial charge in [-0.2, -0.15) is 10.4 Å². The van der Waals surface area contributed by atoms with Crippen molar-refractivity contribution in [1.29, 1.82) is 5.26 Å². The minimum absolute atomic E-state index is 0.0148. The van der Waals surface area contributed by atoms with Crippen LogP contribution in [0.3, 0.4) is 0 Å². The summed E-state index contributed by atoms with van der Waals surface area (Å²) >= 11 is 6.45. The molecule has 1 aliphatic carbocycles. The molecule has 138 valence electrons. The maximum Gasteiger partial charge on any atom is 0.253 e. The van der Waals surface area contributed by atoms with Crippen molar-refractivity contribution in [3.05, 3.63) is 46.2 Å². The molecule has 1 aromatic carbocycles. The Hall–Kier alpha value is -2.52. The summed E-state index contributed by atoms with van der Waals surface area (Å²) in [5.74, 6) is -0.173. The van der Waals surface area contributed by atoms with E-state index in [1.165, 1.54) is 11.3 Å². The van der Waals surface area contributed by atoms with Crippen molar-refractivity contribution >= 4 is 17.5 Å². The summed E-state index contributed by atoms with van der Waals surface area (Å²) in [5, 5.41) is 17.3. The molecule has 0 unspecified atom stereocenters. The molecule has 1 N–H and O–H groups in total. The van der Waals surface area contributed by atoms with E-state index in [1.807, 2.05) is 27.9 Å². The zero-order chi connectivity index (χ0) is 18.5. The number of hydrogen-bond acceptors (Lipinski definition) is 4. The molecule has 2 saturated heterocycles. The minimum Gasteiger partial charge on any atom is -0.347 e. The Morgan fingerprint density at radius 2 is 2.22 bits per heavy atom. The first-order chi connectivity index (χ1) is 13.2. The van der Waals surface area contributed by atoms with E-state index in [0.29, 0.717) is 10.6 Å². The van der Waals surface area contributed by atoms with E-state index in [2.05, 4.69) is 16.6 Å². The summed E-state index contributed by atoms with van der Waals surface area (Å²) in [4.78, 5) is 14.6. The molecule has 2 aromatic rings. The van der Waals surface area contributed by atoms with Crippen LogP contribution in [0.1, 0.15) is 47.3 Å². The Balaban J connectivity index is 1.35.